The highest BCUT2D eigenvalue weighted by Gasteiger charge is 2.25. The molecular weight excluding hydrogens is 106 g/mol. The van der Waals surface area contributed by atoms with Crippen LogP contribution in [0.15, 0.2) is 12.8 Å². The third-order valence-electron chi connectivity index (χ3n) is 0.974. The number of rotatable bonds is 3. The summed E-state index contributed by atoms with van der Waals surface area (Å²) in [5.74, 6) is 0. The Morgan fingerprint density at radius 1 is 1.75 bits per heavy atom. The van der Waals surface area contributed by atoms with Crippen LogP contribution in [-0.2, 0) is 4.84 Å². The van der Waals surface area contributed by atoms with E-state index >= 15 is 0 Å². The Balaban J connectivity index is 2.06. The van der Waals surface area contributed by atoms with Gasteiger partial charge in [0.1, 0.15) is 12.3 Å². The summed E-state index contributed by atoms with van der Waals surface area (Å²) in [6, 6.07) is 0. The van der Waals surface area contributed by atoms with Crippen LogP contribution in [0.3, 0.4) is 0 Å². The zero-order valence-corrected chi connectivity index (χ0v) is 4.59. The Kier molecular flexibility index (Phi) is 1.62. The fourth-order valence-electron chi connectivity index (χ4n) is 0.398. The van der Waals surface area contributed by atoms with Crippen molar-refractivity contribution in [3.05, 3.63) is 18.0 Å². The number of hydrogen-bond donors (Lipinski definition) is 1. The molecule has 0 saturated heterocycles. The second kappa shape index (κ2) is 2.26. The molecule has 1 unspecified atom stereocenters. The van der Waals surface area contributed by atoms with Crippen LogP contribution in [0.25, 0.3) is 0 Å². The first-order valence-electron chi connectivity index (χ1n) is 2.66. The largest absolute Gasteiger partial charge is 0.595 e. The van der Waals surface area contributed by atoms with Crippen LogP contribution in [0, 0.1) is 5.21 Å². The van der Waals surface area contributed by atoms with E-state index in [0.29, 0.717) is 0 Å². The maximum absolute atomic E-state index is 10.3. The lowest BCUT2D eigenvalue weighted by Crippen LogP contribution is -3.01. The van der Waals surface area contributed by atoms with Gasteiger partial charge in [0.15, 0.2) is 0 Å². The van der Waals surface area contributed by atoms with Crippen LogP contribution in [0.1, 0.15) is 12.8 Å². The van der Waals surface area contributed by atoms with Crippen molar-refractivity contribution in [1.82, 2.24) is 0 Å². The summed E-state index contributed by atoms with van der Waals surface area (Å²) in [6.45, 7) is 3.27. The van der Waals surface area contributed by atoms with Gasteiger partial charge in [0.2, 0.25) is 0 Å². The maximum Gasteiger partial charge on any atom is 0.120 e. The Morgan fingerprint density at radius 3 is 2.75 bits per heavy atom. The van der Waals surface area contributed by atoms with Crippen LogP contribution in [-0.4, -0.2) is 6.10 Å². The molecule has 3 nitrogen and oxygen atoms in total. The second-order valence-corrected chi connectivity index (χ2v) is 1.84. The Labute approximate surface area is 48.1 Å². The minimum atomic E-state index is -0.299. The van der Waals surface area contributed by atoms with Gasteiger partial charge in [-0.25, -0.2) is 0 Å². The van der Waals surface area contributed by atoms with Gasteiger partial charge in [-0.15, -0.1) is 0 Å². The average Bonchev–Trinajstić information content (AvgIpc) is 2.50. The van der Waals surface area contributed by atoms with Crippen molar-refractivity contribution in [1.29, 1.82) is 0 Å². The fourth-order valence-corrected chi connectivity index (χ4v) is 0.398. The summed E-state index contributed by atoms with van der Waals surface area (Å²) in [5.41, 5.74) is 0. The zero-order chi connectivity index (χ0) is 5.98. The monoisotopic (exact) mass is 115 g/mol. The first kappa shape index (κ1) is 5.75. The molecule has 0 spiro atoms. The maximum atomic E-state index is 10.3. The van der Waals surface area contributed by atoms with Gasteiger partial charge >= 0.3 is 0 Å². The molecule has 1 N–H and O–H groups in total. The van der Waals surface area contributed by atoms with Crippen molar-refractivity contribution >= 4 is 0 Å². The Bertz CT molecular complexity index is 90.4. The third-order valence-corrected chi connectivity index (χ3v) is 0.974. The van der Waals surface area contributed by atoms with E-state index in [0.717, 1.165) is 12.8 Å². The van der Waals surface area contributed by atoms with Crippen molar-refractivity contribution in [3.63, 3.8) is 0 Å². The summed E-state index contributed by atoms with van der Waals surface area (Å²) in [5, 5.41) is 10.0. The fraction of sp³-hybridized carbons (Fsp3) is 0.600. The number of quaternary nitrogens is 1. The zero-order valence-electron chi connectivity index (χ0n) is 4.59. The molecule has 1 fully saturated rings. The molecule has 0 amide bonds. The number of hydroxylamine groups is 2. The van der Waals surface area contributed by atoms with Crippen molar-refractivity contribution in [2.24, 2.45) is 0 Å². The molecule has 1 aliphatic rings. The first-order chi connectivity index (χ1) is 3.83. The molecule has 0 heterocycles. The van der Waals surface area contributed by atoms with E-state index in [-0.39, 0.29) is 11.3 Å². The smallest absolute Gasteiger partial charge is 0.120 e. The molecule has 1 atom stereocenters. The van der Waals surface area contributed by atoms with E-state index in [1.807, 2.05) is 0 Å². The second-order valence-electron chi connectivity index (χ2n) is 1.84. The molecule has 0 bridgehead atoms. The minimum absolute atomic E-state index is 0.209. The van der Waals surface area contributed by atoms with Crippen LogP contribution in [0.5, 0.6) is 0 Å². The summed E-state index contributed by atoms with van der Waals surface area (Å²) in [7, 11) is 0. The predicted octanol–water partition coefficient (Wildman–Crippen LogP) is -0.393. The van der Waals surface area contributed by atoms with Crippen LogP contribution < -0.4 is 5.23 Å². The first-order valence-corrected chi connectivity index (χ1v) is 2.66. The highest BCUT2D eigenvalue weighted by atomic mass is 16.9. The van der Waals surface area contributed by atoms with Gasteiger partial charge < -0.3 is 5.21 Å². The highest BCUT2D eigenvalue weighted by Crippen LogP contribution is 2.20. The lowest BCUT2D eigenvalue weighted by atomic mass is 10.9. The van der Waals surface area contributed by atoms with Crippen molar-refractivity contribution in [2.45, 2.75) is 18.9 Å². The molecule has 0 aromatic heterocycles. The molecule has 1 saturated carbocycles. The van der Waals surface area contributed by atoms with Crippen molar-refractivity contribution < 1.29 is 10.1 Å². The van der Waals surface area contributed by atoms with E-state index in [1.165, 1.54) is 6.20 Å². The van der Waals surface area contributed by atoms with E-state index in [1.54, 1.807) is 0 Å². The lowest BCUT2D eigenvalue weighted by molar-refractivity contribution is -1.01. The van der Waals surface area contributed by atoms with Gasteiger partial charge in [-0.2, -0.15) is 10.1 Å². The summed E-state index contributed by atoms with van der Waals surface area (Å²) < 4.78 is 0. The van der Waals surface area contributed by atoms with Crippen molar-refractivity contribution in [3.8, 4) is 0 Å². The van der Waals surface area contributed by atoms with E-state index in [4.69, 9.17) is 4.84 Å². The molecular formula is C5H9NO2. The van der Waals surface area contributed by atoms with E-state index in [9.17, 15) is 5.21 Å². The molecule has 0 aromatic rings. The molecule has 3 heteroatoms. The van der Waals surface area contributed by atoms with E-state index in [2.05, 4.69) is 6.58 Å². The average molecular weight is 115 g/mol. The number of hydrogen-bond acceptors (Lipinski definition) is 2. The third kappa shape index (κ3) is 1.61. The molecule has 0 aliphatic heterocycles. The van der Waals surface area contributed by atoms with Crippen LogP contribution in [0.2, 0.25) is 0 Å². The predicted molar refractivity (Wildman–Crippen MR) is 28.6 cm³/mol. The van der Waals surface area contributed by atoms with Crippen molar-refractivity contribution in [2.75, 3.05) is 0 Å². The number of nitrogens with one attached hydrogen (secondary N) is 1. The van der Waals surface area contributed by atoms with Gasteiger partial charge in [0, 0.05) is 0 Å². The standard InChI is InChI=1S/C5H9NO2/c1-2-6(7)8-5-3-4-5/h2,5-6H,1,3-4H2. The minimum Gasteiger partial charge on any atom is -0.595 e. The molecule has 0 aromatic carbocycles. The molecule has 1 rings (SSSR count). The van der Waals surface area contributed by atoms with Crippen LogP contribution >= 0.6 is 0 Å². The SMILES string of the molecule is C=C[NH+]([O-])OC1CC1. The molecule has 1 aliphatic carbocycles. The van der Waals surface area contributed by atoms with Crippen LogP contribution in [0.4, 0.5) is 0 Å². The van der Waals surface area contributed by atoms with Gasteiger partial charge in [0.05, 0.1) is 0 Å². The lowest BCUT2D eigenvalue weighted by Gasteiger charge is -2.12. The van der Waals surface area contributed by atoms with Gasteiger partial charge in [-0.3, -0.25) is 0 Å². The Morgan fingerprint density at radius 2 is 2.38 bits per heavy atom. The molecule has 0 radical (unpaired) electrons. The molecule has 8 heavy (non-hydrogen) atoms. The molecule has 46 valence electrons. The summed E-state index contributed by atoms with van der Waals surface area (Å²) in [6.07, 6.45) is 3.46. The Hall–Kier alpha value is -0.380. The highest BCUT2D eigenvalue weighted by molar-refractivity contribution is 4.71. The van der Waals surface area contributed by atoms with Gasteiger partial charge in [-0.05, 0) is 19.4 Å². The summed E-state index contributed by atoms with van der Waals surface area (Å²) >= 11 is 0. The van der Waals surface area contributed by atoms with Gasteiger partial charge in [-0.1, -0.05) is 0 Å². The topological polar surface area (TPSA) is 36.7 Å². The van der Waals surface area contributed by atoms with E-state index < -0.39 is 0 Å². The summed E-state index contributed by atoms with van der Waals surface area (Å²) in [4.78, 5) is 4.75. The van der Waals surface area contributed by atoms with Gasteiger partial charge in [0.25, 0.3) is 0 Å². The quantitative estimate of drug-likeness (QED) is 0.508. The normalized spacial score (nSPS) is 22.6.